The molecule has 0 bridgehead atoms. The van der Waals surface area contributed by atoms with E-state index >= 15 is 0 Å². The Hall–Kier alpha value is -0.654. The van der Waals surface area contributed by atoms with Crippen molar-refractivity contribution in [2.24, 2.45) is 5.41 Å². The van der Waals surface area contributed by atoms with Gasteiger partial charge in [0.25, 0.3) is 0 Å². The minimum atomic E-state index is -1.73. The Balaban J connectivity index is 0.00000264. The van der Waals surface area contributed by atoms with Gasteiger partial charge in [-0.3, -0.25) is 19.8 Å². The van der Waals surface area contributed by atoms with E-state index in [9.17, 15) is 19.2 Å². The molecule has 0 aliphatic heterocycles. The van der Waals surface area contributed by atoms with Crippen molar-refractivity contribution in [3.63, 3.8) is 0 Å². The third-order valence-electron chi connectivity index (χ3n) is 3.24. The Labute approximate surface area is 179 Å². The minimum absolute atomic E-state index is 0. The van der Waals surface area contributed by atoms with E-state index in [1.165, 1.54) is 0 Å². The van der Waals surface area contributed by atoms with Crippen LogP contribution >= 0.6 is 11.3 Å². The van der Waals surface area contributed by atoms with Crippen LogP contribution in [0.25, 0.3) is 0 Å². The first-order valence-electron chi connectivity index (χ1n) is 6.45. The summed E-state index contributed by atoms with van der Waals surface area (Å²) in [5.41, 5.74) is 0.434. The number of nitrogens with zero attached hydrogens (tertiary/aromatic N) is 2. The van der Waals surface area contributed by atoms with Crippen LogP contribution in [0.5, 0.6) is 0 Å². The Kier molecular flexibility index (Phi) is 6.64. The van der Waals surface area contributed by atoms with Crippen LogP contribution in [0.15, 0.2) is 0 Å². The van der Waals surface area contributed by atoms with Gasteiger partial charge in [0, 0.05) is 13.5 Å². The fourth-order valence-corrected chi connectivity index (χ4v) is 3.09. The van der Waals surface area contributed by atoms with Gasteiger partial charge in [0.1, 0.15) is 0 Å². The molecule has 10 heteroatoms. The average molecular weight is 365 g/mol. The molecule has 23 heavy (non-hydrogen) atoms. The Morgan fingerprint density at radius 2 is 1.91 bits per heavy atom. The Morgan fingerprint density at radius 1 is 1.30 bits per heavy atom. The Bertz CT molecular complexity index is 685. The van der Waals surface area contributed by atoms with Crippen molar-refractivity contribution in [2.75, 3.05) is 12.4 Å². The van der Waals surface area contributed by atoms with E-state index in [0.29, 0.717) is 28.3 Å². The van der Waals surface area contributed by atoms with Crippen molar-refractivity contribution in [1.82, 2.24) is 9.88 Å². The van der Waals surface area contributed by atoms with Gasteiger partial charge in [0.15, 0.2) is 10.9 Å². The summed E-state index contributed by atoms with van der Waals surface area (Å²) in [4.78, 5) is 50.7. The van der Waals surface area contributed by atoms with Crippen molar-refractivity contribution >= 4 is 91.5 Å². The molecule has 1 aromatic heterocycles. The van der Waals surface area contributed by atoms with Crippen LogP contribution in [0.2, 0.25) is 0 Å². The Morgan fingerprint density at radius 3 is 2.48 bits per heavy atom. The number of ketones is 1. The molecule has 3 amide bonds. The van der Waals surface area contributed by atoms with Crippen molar-refractivity contribution in [2.45, 2.75) is 26.7 Å². The third-order valence-corrected chi connectivity index (χ3v) is 4.30. The number of carbonyl (C=O) groups is 4. The van der Waals surface area contributed by atoms with Crippen molar-refractivity contribution < 1.29 is 24.3 Å². The van der Waals surface area contributed by atoms with Crippen LogP contribution in [0, 0.1) is 5.41 Å². The van der Waals surface area contributed by atoms with E-state index in [-0.39, 0.29) is 67.7 Å². The molecule has 1 aromatic rings. The number of likely N-dealkylation sites (N-methyl/N-ethyl adjacent to an activating group) is 1. The maximum absolute atomic E-state index is 12.0. The normalized spacial score (nSPS) is 15.2. The molecular weight excluding hydrogens is 349 g/mol. The number of amides is 3. The number of nitrogens with one attached hydrogen (secondary N) is 1. The monoisotopic (exact) mass is 365 g/mol. The first-order chi connectivity index (χ1) is 10.1. The molecule has 1 aliphatic carbocycles. The molecule has 120 valence electrons. The first-order valence-corrected chi connectivity index (χ1v) is 7.27. The van der Waals surface area contributed by atoms with E-state index in [4.69, 9.17) is 5.11 Å². The number of thiazole rings is 1. The summed E-state index contributed by atoms with van der Waals surface area (Å²) in [5, 5.41) is 11.1. The van der Waals surface area contributed by atoms with E-state index in [1.54, 1.807) is 0 Å². The number of carboxylic acids is 1. The molecule has 0 atom stereocenters. The number of Topliss-reactive ketones (excluding diaryl/α,β-unsaturated/α-hetero) is 1. The molecule has 0 radical (unpaired) electrons. The zero-order valence-electron chi connectivity index (χ0n) is 12.3. The summed E-state index contributed by atoms with van der Waals surface area (Å²) >= 11 is 1.03. The predicted octanol–water partition coefficient (Wildman–Crippen LogP) is 0.725. The van der Waals surface area contributed by atoms with Crippen LogP contribution in [0.1, 0.15) is 35.6 Å². The quantitative estimate of drug-likeness (QED) is 0.560. The van der Waals surface area contributed by atoms with E-state index in [2.05, 4.69) is 10.3 Å². The number of urea groups is 1. The van der Waals surface area contributed by atoms with Gasteiger partial charge in [-0.25, -0.2) is 14.6 Å². The van der Waals surface area contributed by atoms with Crippen LogP contribution in [0.3, 0.4) is 0 Å². The van der Waals surface area contributed by atoms with Crippen LogP contribution < -0.4 is 5.32 Å². The molecule has 1 heterocycles. The molecule has 0 fully saturated rings. The van der Waals surface area contributed by atoms with E-state index in [0.717, 1.165) is 18.4 Å². The number of rotatable bonds is 1. The average Bonchev–Trinajstić information content (AvgIpc) is 2.77. The van der Waals surface area contributed by atoms with Crippen LogP contribution in [0.4, 0.5) is 9.93 Å². The molecule has 2 rings (SSSR count). The summed E-state index contributed by atoms with van der Waals surface area (Å²) in [6, 6.07) is -0.912. The van der Waals surface area contributed by atoms with Gasteiger partial charge in [-0.05, 0) is 11.8 Å². The molecule has 0 saturated carbocycles. The number of hydrogen-bond acceptors (Lipinski definition) is 6. The van der Waals surface area contributed by atoms with Gasteiger partial charge in [-0.15, -0.1) is 0 Å². The second-order valence-corrected chi connectivity index (χ2v) is 6.83. The molecule has 0 saturated heterocycles. The molecule has 1 aliphatic rings. The first kappa shape index (κ1) is 20.4. The number of carboxylic acid groups (broad SMARTS) is 1. The second kappa shape index (κ2) is 7.49. The van der Waals surface area contributed by atoms with Gasteiger partial charge in [-0.1, -0.05) is 25.2 Å². The predicted molar refractivity (Wildman–Crippen MR) is 85.1 cm³/mol. The van der Waals surface area contributed by atoms with Crippen molar-refractivity contribution in [3.05, 3.63) is 10.6 Å². The van der Waals surface area contributed by atoms with Crippen molar-refractivity contribution in [1.29, 1.82) is 0 Å². The fourth-order valence-electron chi connectivity index (χ4n) is 2.18. The molecule has 0 aromatic carbocycles. The van der Waals surface area contributed by atoms with Gasteiger partial charge in [-0.2, -0.15) is 0 Å². The standard InChI is InChI=1S/C13H15N3O5S.K.H/c1-13(2)4-6-8(7(17)5-13)22-11(14-6)15-12(21)16(3)9(18)10(19)20;;/h4-5H2,1-3H3,(H,19,20)(H,14,15,21);;. The fraction of sp³-hybridized carbons (Fsp3) is 0.462. The number of aromatic nitrogens is 1. The topological polar surface area (TPSA) is 117 Å². The SMILES string of the molecule is CN(C(=O)Nc1nc2c(s1)C(=O)CC(C)(C)C2)C(=O)C(=O)O.[KH]. The number of hydrogen-bond donors (Lipinski definition) is 2. The zero-order chi connectivity index (χ0) is 16.7. The summed E-state index contributed by atoms with van der Waals surface area (Å²) < 4.78 is 0. The second-order valence-electron chi connectivity index (χ2n) is 5.84. The summed E-state index contributed by atoms with van der Waals surface area (Å²) in [6.45, 7) is 3.93. The third kappa shape index (κ3) is 4.67. The molecule has 2 N–H and O–H groups in total. The van der Waals surface area contributed by atoms with Gasteiger partial charge in [0.05, 0.1) is 10.6 Å². The molecular formula is C13H16KN3O5S. The van der Waals surface area contributed by atoms with Crippen LogP contribution in [-0.2, 0) is 16.0 Å². The van der Waals surface area contributed by atoms with Gasteiger partial charge in [0.2, 0.25) is 0 Å². The molecule has 0 unspecified atom stereocenters. The van der Waals surface area contributed by atoms with E-state index in [1.807, 2.05) is 13.8 Å². The number of anilines is 1. The maximum atomic E-state index is 12.0. The molecule has 8 nitrogen and oxygen atoms in total. The number of fused-ring (bicyclic) bond motifs is 1. The van der Waals surface area contributed by atoms with Crippen molar-refractivity contribution in [3.8, 4) is 0 Å². The number of carbonyl (C=O) groups excluding carboxylic acids is 3. The van der Waals surface area contributed by atoms with Gasteiger partial charge >= 0.3 is 69.3 Å². The number of imide groups is 1. The molecule has 0 spiro atoms. The van der Waals surface area contributed by atoms with Gasteiger partial charge < -0.3 is 5.11 Å². The van der Waals surface area contributed by atoms with E-state index < -0.39 is 17.9 Å². The summed E-state index contributed by atoms with van der Waals surface area (Å²) in [7, 11) is 1.05. The zero-order valence-corrected chi connectivity index (χ0v) is 13.1. The number of aliphatic carboxylic acids is 1. The van der Waals surface area contributed by atoms with Crippen LogP contribution in [-0.4, -0.2) is 97.1 Å². The summed E-state index contributed by atoms with van der Waals surface area (Å²) in [6.07, 6.45) is 1.03. The summed E-state index contributed by atoms with van der Waals surface area (Å²) in [5.74, 6) is -3.11.